The third-order valence-electron chi connectivity index (χ3n) is 5.25. The Kier molecular flexibility index (Phi) is 4.64. The van der Waals surface area contributed by atoms with Crippen LogP contribution in [0.3, 0.4) is 0 Å². The van der Waals surface area contributed by atoms with Crippen molar-refractivity contribution >= 4 is 5.78 Å². The van der Waals surface area contributed by atoms with Gasteiger partial charge in [0.25, 0.3) is 0 Å². The number of Topliss-reactive ketones (excluding diaryl/α,β-unsaturated/α-hetero) is 1. The molecule has 5 nitrogen and oxygen atoms in total. The second kappa shape index (κ2) is 7.10. The van der Waals surface area contributed by atoms with E-state index in [0.29, 0.717) is 31.4 Å². The van der Waals surface area contributed by atoms with Crippen LogP contribution in [0.4, 0.5) is 0 Å². The molecule has 1 aliphatic rings. The van der Waals surface area contributed by atoms with Crippen molar-refractivity contribution in [2.45, 2.75) is 37.9 Å². The monoisotopic (exact) mass is 362 g/mol. The Morgan fingerprint density at radius 1 is 1.00 bits per heavy atom. The van der Waals surface area contributed by atoms with E-state index >= 15 is 0 Å². The highest BCUT2D eigenvalue weighted by Crippen LogP contribution is 2.37. The molecular weight excluding hydrogens is 340 g/mol. The van der Waals surface area contributed by atoms with E-state index in [2.05, 4.69) is 0 Å². The molecule has 1 aromatic heterocycles. The van der Waals surface area contributed by atoms with Crippen molar-refractivity contribution in [3.05, 3.63) is 71.9 Å². The van der Waals surface area contributed by atoms with Crippen molar-refractivity contribution in [3.8, 4) is 16.9 Å². The number of benzene rings is 2. The third-order valence-corrected chi connectivity index (χ3v) is 5.25. The van der Waals surface area contributed by atoms with Crippen LogP contribution in [0, 0.1) is 0 Å². The fourth-order valence-electron chi connectivity index (χ4n) is 3.56. The van der Waals surface area contributed by atoms with Crippen LogP contribution in [0.15, 0.2) is 60.7 Å². The van der Waals surface area contributed by atoms with Crippen LogP contribution in [0.25, 0.3) is 16.9 Å². The Morgan fingerprint density at radius 3 is 2.30 bits per heavy atom. The lowest BCUT2D eigenvalue weighted by Crippen LogP contribution is -2.32. The Labute approximate surface area is 157 Å². The number of carbonyl (C=O) groups is 1. The van der Waals surface area contributed by atoms with Gasteiger partial charge in [0.1, 0.15) is 11.4 Å². The first-order valence-corrected chi connectivity index (χ1v) is 9.19. The zero-order chi connectivity index (χ0) is 18.9. The SMILES string of the molecule is O=C1CCC(O)(c2cc(-c3ccccc3)n(-c3ccc(CO)cc3)n2)CC1. The Hall–Kier alpha value is -2.76. The Morgan fingerprint density at radius 2 is 1.67 bits per heavy atom. The molecule has 0 aliphatic heterocycles. The topological polar surface area (TPSA) is 75.3 Å². The van der Waals surface area contributed by atoms with E-state index in [0.717, 1.165) is 22.5 Å². The van der Waals surface area contributed by atoms with E-state index in [-0.39, 0.29) is 12.4 Å². The Balaban J connectivity index is 1.81. The lowest BCUT2D eigenvalue weighted by Gasteiger charge is -2.29. The van der Waals surface area contributed by atoms with Crippen molar-refractivity contribution in [2.24, 2.45) is 0 Å². The molecule has 2 aromatic carbocycles. The average Bonchev–Trinajstić information content (AvgIpc) is 3.17. The molecule has 3 aromatic rings. The van der Waals surface area contributed by atoms with Crippen LogP contribution in [-0.4, -0.2) is 25.8 Å². The summed E-state index contributed by atoms with van der Waals surface area (Å²) in [5, 5.41) is 25.1. The van der Waals surface area contributed by atoms with E-state index < -0.39 is 5.60 Å². The van der Waals surface area contributed by atoms with E-state index in [9.17, 15) is 15.0 Å². The molecule has 1 fully saturated rings. The standard InChI is InChI=1S/C22H22N2O3/c25-15-16-6-8-18(9-7-16)24-20(17-4-2-1-3-5-17)14-21(23-24)22(27)12-10-19(26)11-13-22/h1-9,14,25,27H,10-13,15H2. The van der Waals surface area contributed by atoms with Crippen molar-refractivity contribution in [1.82, 2.24) is 9.78 Å². The summed E-state index contributed by atoms with van der Waals surface area (Å²) >= 11 is 0. The molecule has 5 heteroatoms. The van der Waals surface area contributed by atoms with Gasteiger partial charge in [-0.15, -0.1) is 0 Å². The fourth-order valence-corrected chi connectivity index (χ4v) is 3.56. The summed E-state index contributed by atoms with van der Waals surface area (Å²) in [5.74, 6) is 0.196. The number of ketones is 1. The molecule has 0 unspecified atom stereocenters. The minimum atomic E-state index is -1.08. The average molecular weight is 362 g/mol. The summed E-state index contributed by atoms with van der Waals surface area (Å²) in [7, 11) is 0. The van der Waals surface area contributed by atoms with E-state index in [1.807, 2.05) is 65.3 Å². The Bertz CT molecular complexity index is 935. The van der Waals surface area contributed by atoms with Gasteiger partial charge in [0, 0.05) is 18.4 Å². The minimum absolute atomic E-state index is 0.00996. The molecular formula is C22H22N2O3. The van der Waals surface area contributed by atoms with Crippen LogP contribution < -0.4 is 0 Å². The number of carbonyl (C=O) groups excluding carboxylic acids is 1. The van der Waals surface area contributed by atoms with Gasteiger partial charge >= 0.3 is 0 Å². The number of hydrogen-bond acceptors (Lipinski definition) is 4. The lowest BCUT2D eigenvalue weighted by atomic mass is 9.82. The molecule has 1 aliphatic carbocycles. The summed E-state index contributed by atoms with van der Waals surface area (Å²) in [6, 6.07) is 19.4. The van der Waals surface area contributed by atoms with Crippen LogP contribution in [-0.2, 0) is 17.0 Å². The summed E-state index contributed by atoms with van der Waals surface area (Å²) < 4.78 is 1.82. The first-order chi connectivity index (χ1) is 13.1. The molecule has 0 bridgehead atoms. The van der Waals surface area contributed by atoms with Gasteiger partial charge in [-0.05, 0) is 36.6 Å². The van der Waals surface area contributed by atoms with Gasteiger partial charge in [-0.1, -0.05) is 42.5 Å². The van der Waals surface area contributed by atoms with Gasteiger partial charge in [0.2, 0.25) is 0 Å². The number of rotatable bonds is 4. The fraction of sp³-hybridized carbons (Fsp3) is 0.273. The molecule has 1 heterocycles. The first-order valence-electron chi connectivity index (χ1n) is 9.19. The molecule has 0 amide bonds. The number of hydrogen-bond donors (Lipinski definition) is 2. The van der Waals surface area contributed by atoms with Crippen molar-refractivity contribution in [2.75, 3.05) is 0 Å². The quantitative estimate of drug-likeness (QED) is 0.746. The van der Waals surface area contributed by atoms with Gasteiger partial charge in [-0.3, -0.25) is 4.79 Å². The van der Waals surface area contributed by atoms with E-state index in [1.165, 1.54) is 0 Å². The van der Waals surface area contributed by atoms with Gasteiger partial charge in [0.15, 0.2) is 0 Å². The molecule has 2 N–H and O–H groups in total. The minimum Gasteiger partial charge on any atom is -0.392 e. The summed E-state index contributed by atoms with van der Waals surface area (Å²) in [4.78, 5) is 11.6. The van der Waals surface area contributed by atoms with Crippen molar-refractivity contribution in [3.63, 3.8) is 0 Å². The summed E-state index contributed by atoms with van der Waals surface area (Å²) in [6.45, 7) is -0.00996. The van der Waals surface area contributed by atoms with Gasteiger partial charge in [-0.2, -0.15) is 5.10 Å². The van der Waals surface area contributed by atoms with Crippen molar-refractivity contribution in [1.29, 1.82) is 0 Å². The zero-order valence-electron chi connectivity index (χ0n) is 15.0. The molecule has 1 saturated carbocycles. The molecule has 0 radical (unpaired) electrons. The van der Waals surface area contributed by atoms with Crippen molar-refractivity contribution < 1.29 is 15.0 Å². The highest BCUT2D eigenvalue weighted by atomic mass is 16.3. The first kappa shape index (κ1) is 17.6. The smallest absolute Gasteiger partial charge is 0.133 e. The van der Waals surface area contributed by atoms with Crippen LogP contribution >= 0.6 is 0 Å². The predicted octanol–water partition coefficient (Wildman–Crippen LogP) is 3.36. The van der Waals surface area contributed by atoms with E-state index in [4.69, 9.17) is 5.10 Å². The second-order valence-corrected chi connectivity index (χ2v) is 7.09. The number of aliphatic hydroxyl groups excluding tert-OH is 1. The third kappa shape index (κ3) is 3.44. The maximum Gasteiger partial charge on any atom is 0.133 e. The maximum atomic E-state index is 11.6. The molecule has 27 heavy (non-hydrogen) atoms. The number of nitrogens with zero attached hydrogens (tertiary/aromatic N) is 2. The van der Waals surface area contributed by atoms with E-state index in [1.54, 1.807) is 0 Å². The summed E-state index contributed by atoms with van der Waals surface area (Å²) in [6.07, 6.45) is 1.57. The molecule has 0 saturated heterocycles. The molecule has 138 valence electrons. The van der Waals surface area contributed by atoms with Crippen LogP contribution in [0.1, 0.15) is 36.9 Å². The molecule has 0 spiro atoms. The van der Waals surface area contributed by atoms with Gasteiger partial charge in [-0.25, -0.2) is 4.68 Å². The van der Waals surface area contributed by atoms with Crippen LogP contribution in [0.2, 0.25) is 0 Å². The summed E-state index contributed by atoms with van der Waals surface area (Å²) in [5.41, 5.74) is 3.09. The number of aromatic nitrogens is 2. The largest absolute Gasteiger partial charge is 0.392 e. The lowest BCUT2D eigenvalue weighted by molar-refractivity contribution is -0.125. The highest BCUT2D eigenvalue weighted by Gasteiger charge is 2.37. The predicted molar refractivity (Wildman–Crippen MR) is 102 cm³/mol. The van der Waals surface area contributed by atoms with Gasteiger partial charge < -0.3 is 10.2 Å². The van der Waals surface area contributed by atoms with Crippen LogP contribution in [0.5, 0.6) is 0 Å². The number of aliphatic hydroxyl groups is 2. The molecule has 4 rings (SSSR count). The second-order valence-electron chi connectivity index (χ2n) is 7.09. The van der Waals surface area contributed by atoms with Gasteiger partial charge in [0.05, 0.1) is 23.7 Å². The maximum absolute atomic E-state index is 11.6. The molecule has 0 atom stereocenters. The normalized spacial score (nSPS) is 16.4. The zero-order valence-corrected chi connectivity index (χ0v) is 15.0. The highest BCUT2D eigenvalue weighted by molar-refractivity contribution is 5.79.